The molecular weight excluding hydrogens is 433 g/mol. The molecule has 1 rings (SSSR count). The highest BCUT2D eigenvalue weighted by atomic mass is 127. The summed E-state index contributed by atoms with van der Waals surface area (Å²) in [6.07, 6.45) is 4.60. The summed E-state index contributed by atoms with van der Waals surface area (Å²) in [4.78, 5) is 4.61. The molecule has 0 bridgehead atoms. The van der Waals surface area contributed by atoms with Gasteiger partial charge in [0.2, 0.25) is 0 Å². The first kappa shape index (κ1) is 23.4. The molecule has 1 atom stereocenters. The molecule has 0 aliphatic rings. The Morgan fingerprint density at radius 3 is 2.54 bits per heavy atom. The fourth-order valence-corrected chi connectivity index (χ4v) is 2.52. The SMILES string of the molecule is CCNC(=NCC(C)Oc1ccc(C)cc1)NCCCCSC.I. The largest absolute Gasteiger partial charge is 0.489 e. The maximum atomic E-state index is 5.89. The summed E-state index contributed by atoms with van der Waals surface area (Å²) in [7, 11) is 0. The van der Waals surface area contributed by atoms with Crippen LogP contribution in [0.2, 0.25) is 0 Å². The number of unbranched alkanes of at least 4 members (excludes halogenated alkanes) is 1. The second-order valence-corrected chi connectivity index (χ2v) is 6.57. The number of nitrogens with zero attached hydrogens (tertiary/aromatic N) is 1. The van der Waals surface area contributed by atoms with Crippen molar-refractivity contribution in [2.75, 3.05) is 31.6 Å². The van der Waals surface area contributed by atoms with Crippen molar-refractivity contribution in [3.8, 4) is 5.75 Å². The van der Waals surface area contributed by atoms with Crippen LogP contribution in [-0.4, -0.2) is 43.7 Å². The monoisotopic (exact) mass is 465 g/mol. The first-order valence-corrected chi connectivity index (χ1v) is 9.79. The van der Waals surface area contributed by atoms with Gasteiger partial charge in [-0.05, 0) is 57.8 Å². The minimum atomic E-state index is 0. The quantitative estimate of drug-likeness (QED) is 0.237. The van der Waals surface area contributed by atoms with Crippen LogP contribution >= 0.6 is 35.7 Å². The fraction of sp³-hybridized carbons (Fsp3) is 0.611. The molecule has 138 valence electrons. The van der Waals surface area contributed by atoms with E-state index in [1.807, 2.05) is 30.8 Å². The number of aryl methyl sites for hydroxylation is 1. The van der Waals surface area contributed by atoms with Crippen molar-refractivity contribution in [1.29, 1.82) is 0 Å². The average molecular weight is 465 g/mol. The van der Waals surface area contributed by atoms with E-state index in [9.17, 15) is 0 Å². The zero-order chi connectivity index (χ0) is 16.9. The summed E-state index contributed by atoms with van der Waals surface area (Å²) < 4.78 is 5.89. The van der Waals surface area contributed by atoms with Gasteiger partial charge in [-0.3, -0.25) is 0 Å². The Balaban J connectivity index is 0.00000529. The van der Waals surface area contributed by atoms with E-state index in [0.29, 0.717) is 6.54 Å². The van der Waals surface area contributed by atoms with Crippen molar-refractivity contribution in [3.05, 3.63) is 29.8 Å². The summed E-state index contributed by atoms with van der Waals surface area (Å²) in [5.74, 6) is 2.99. The van der Waals surface area contributed by atoms with E-state index in [4.69, 9.17) is 4.74 Å². The third-order valence-electron chi connectivity index (χ3n) is 3.28. The summed E-state index contributed by atoms with van der Waals surface area (Å²) in [6.45, 7) is 8.66. The predicted molar refractivity (Wildman–Crippen MR) is 118 cm³/mol. The van der Waals surface area contributed by atoms with Crippen molar-refractivity contribution in [3.63, 3.8) is 0 Å². The standard InChI is InChI=1S/C18H31N3OS.HI/c1-5-19-18(20-12-6-7-13-23-4)21-14-16(3)22-17-10-8-15(2)9-11-17;/h8-11,16H,5-7,12-14H2,1-4H3,(H2,19,20,21);1H. The van der Waals surface area contributed by atoms with Crippen LogP contribution in [0.15, 0.2) is 29.3 Å². The number of halogens is 1. The minimum absolute atomic E-state index is 0. The molecule has 0 aromatic heterocycles. The molecule has 0 fully saturated rings. The number of rotatable bonds is 10. The minimum Gasteiger partial charge on any atom is -0.489 e. The van der Waals surface area contributed by atoms with Gasteiger partial charge in [-0.15, -0.1) is 24.0 Å². The maximum absolute atomic E-state index is 5.89. The maximum Gasteiger partial charge on any atom is 0.191 e. The number of benzene rings is 1. The van der Waals surface area contributed by atoms with Gasteiger partial charge in [-0.2, -0.15) is 11.8 Å². The second kappa shape index (κ2) is 14.7. The van der Waals surface area contributed by atoms with Gasteiger partial charge in [0, 0.05) is 13.1 Å². The molecule has 0 radical (unpaired) electrons. The van der Waals surface area contributed by atoms with E-state index in [-0.39, 0.29) is 30.1 Å². The van der Waals surface area contributed by atoms with E-state index in [0.717, 1.165) is 24.8 Å². The molecule has 0 saturated carbocycles. The lowest BCUT2D eigenvalue weighted by molar-refractivity contribution is 0.230. The van der Waals surface area contributed by atoms with Crippen molar-refractivity contribution in [2.45, 2.75) is 39.7 Å². The highest BCUT2D eigenvalue weighted by Crippen LogP contribution is 2.13. The van der Waals surface area contributed by atoms with Crippen LogP contribution < -0.4 is 15.4 Å². The molecule has 6 heteroatoms. The number of thioether (sulfide) groups is 1. The third-order valence-corrected chi connectivity index (χ3v) is 3.97. The first-order chi connectivity index (χ1) is 11.2. The summed E-state index contributed by atoms with van der Waals surface area (Å²) >= 11 is 1.90. The number of guanidine groups is 1. The van der Waals surface area contributed by atoms with Crippen molar-refractivity contribution in [2.24, 2.45) is 4.99 Å². The van der Waals surface area contributed by atoms with E-state index in [1.54, 1.807) is 0 Å². The Hall–Kier alpha value is -0.630. The van der Waals surface area contributed by atoms with Crippen molar-refractivity contribution >= 4 is 41.7 Å². The first-order valence-electron chi connectivity index (χ1n) is 8.40. The van der Waals surface area contributed by atoms with Gasteiger partial charge in [0.25, 0.3) is 0 Å². The summed E-state index contributed by atoms with van der Waals surface area (Å²) in [6, 6.07) is 8.13. The lowest BCUT2D eigenvalue weighted by atomic mass is 10.2. The molecule has 0 spiro atoms. The van der Waals surface area contributed by atoms with E-state index in [1.165, 1.54) is 24.2 Å². The highest BCUT2D eigenvalue weighted by molar-refractivity contribution is 14.0. The zero-order valence-corrected chi connectivity index (χ0v) is 18.4. The molecule has 0 saturated heterocycles. The second-order valence-electron chi connectivity index (χ2n) is 5.59. The van der Waals surface area contributed by atoms with Gasteiger partial charge < -0.3 is 15.4 Å². The van der Waals surface area contributed by atoms with Crippen LogP contribution in [0.5, 0.6) is 5.75 Å². The van der Waals surface area contributed by atoms with E-state index in [2.05, 4.69) is 47.9 Å². The molecule has 24 heavy (non-hydrogen) atoms. The molecule has 0 heterocycles. The van der Waals surface area contributed by atoms with E-state index >= 15 is 0 Å². The third kappa shape index (κ3) is 11.0. The Morgan fingerprint density at radius 1 is 1.21 bits per heavy atom. The number of nitrogens with one attached hydrogen (secondary N) is 2. The van der Waals surface area contributed by atoms with Gasteiger partial charge in [0.1, 0.15) is 11.9 Å². The molecule has 4 nitrogen and oxygen atoms in total. The van der Waals surface area contributed by atoms with Crippen LogP contribution in [0, 0.1) is 6.92 Å². The summed E-state index contributed by atoms with van der Waals surface area (Å²) in [5, 5.41) is 6.66. The summed E-state index contributed by atoms with van der Waals surface area (Å²) in [5.41, 5.74) is 1.24. The molecule has 1 aromatic carbocycles. The Kier molecular flexibility index (Phi) is 14.3. The van der Waals surface area contributed by atoms with Gasteiger partial charge in [0.15, 0.2) is 5.96 Å². The van der Waals surface area contributed by atoms with E-state index < -0.39 is 0 Å². The number of hydrogen-bond acceptors (Lipinski definition) is 3. The highest BCUT2D eigenvalue weighted by Gasteiger charge is 2.04. The number of ether oxygens (including phenoxy) is 1. The normalized spacial score (nSPS) is 12.2. The number of hydrogen-bond donors (Lipinski definition) is 2. The van der Waals surface area contributed by atoms with Gasteiger partial charge in [-0.1, -0.05) is 17.7 Å². The lowest BCUT2D eigenvalue weighted by Gasteiger charge is -2.15. The van der Waals surface area contributed by atoms with Crippen LogP contribution in [0.25, 0.3) is 0 Å². The molecule has 0 amide bonds. The smallest absolute Gasteiger partial charge is 0.191 e. The topological polar surface area (TPSA) is 45.7 Å². The van der Waals surface area contributed by atoms with Gasteiger partial charge in [0.05, 0.1) is 6.54 Å². The van der Waals surface area contributed by atoms with Crippen LogP contribution in [0.1, 0.15) is 32.3 Å². The lowest BCUT2D eigenvalue weighted by Crippen LogP contribution is -2.38. The van der Waals surface area contributed by atoms with Gasteiger partial charge >= 0.3 is 0 Å². The Morgan fingerprint density at radius 2 is 1.92 bits per heavy atom. The molecule has 0 aliphatic heterocycles. The van der Waals surface area contributed by atoms with Crippen LogP contribution in [0.4, 0.5) is 0 Å². The van der Waals surface area contributed by atoms with Crippen molar-refractivity contribution < 1.29 is 4.74 Å². The van der Waals surface area contributed by atoms with Crippen LogP contribution in [-0.2, 0) is 0 Å². The predicted octanol–water partition coefficient (Wildman–Crippen LogP) is 4.08. The van der Waals surface area contributed by atoms with Crippen LogP contribution in [0.3, 0.4) is 0 Å². The number of aliphatic imine (C=N–C) groups is 1. The Labute approximate surface area is 168 Å². The molecule has 2 N–H and O–H groups in total. The molecule has 1 unspecified atom stereocenters. The zero-order valence-electron chi connectivity index (χ0n) is 15.3. The fourth-order valence-electron chi connectivity index (χ4n) is 2.03. The Bertz CT molecular complexity index is 454. The molecule has 0 aliphatic carbocycles. The van der Waals surface area contributed by atoms with Gasteiger partial charge in [-0.25, -0.2) is 4.99 Å². The molecule has 1 aromatic rings. The average Bonchev–Trinajstić information content (AvgIpc) is 2.54. The molecular formula is C18H32IN3OS. The van der Waals surface area contributed by atoms with Crippen molar-refractivity contribution in [1.82, 2.24) is 10.6 Å².